The van der Waals surface area contributed by atoms with Gasteiger partial charge in [-0.3, -0.25) is 4.79 Å². The predicted octanol–water partition coefficient (Wildman–Crippen LogP) is 5.18. The van der Waals surface area contributed by atoms with E-state index in [1.54, 1.807) is 0 Å². The molecule has 1 aliphatic rings. The number of fused-ring (bicyclic) bond motifs is 1. The van der Waals surface area contributed by atoms with Crippen molar-refractivity contribution in [3.05, 3.63) is 81.0 Å². The summed E-state index contributed by atoms with van der Waals surface area (Å²) in [6.45, 7) is 6.02. The van der Waals surface area contributed by atoms with E-state index >= 15 is 0 Å². The van der Waals surface area contributed by atoms with Gasteiger partial charge in [-0.15, -0.1) is 11.3 Å². The monoisotopic (exact) mass is 362 g/mol. The van der Waals surface area contributed by atoms with Gasteiger partial charge in [-0.1, -0.05) is 12.1 Å². The van der Waals surface area contributed by atoms with E-state index in [-0.39, 0.29) is 5.91 Å². The highest BCUT2D eigenvalue weighted by Gasteiger charge is 2.17. The summed E-state index contributed by atoms with van der Waals surface area (Å²) in [7, 11) is 0. The Balaban J connectivity index is 1.46. The molecule has 0 radical (unpaired) electrons. The molecule has 26 heavy (non-hydrogen) atoms. The van der Waals surface area contributed by atoms with Crippen LogP contribution in [-0.4, -0.2) is 12.5 Å². The Bertz CT molecular complexity index is 943. The first-order chi connectivity index (χ1) is 12.6. The van der Waals surface area contributed by atoms with Gasteiger partial charge in [0.2, 0.25) is 0 Å². The average molecular weight is 362 g/mol. The number of nitrogens with zero attached hydrogens (tertiary/aromatic N) is 1. The van der Waals surface area contributed by atoms with E-state index in [1.807, 2.05) is 55.5 Å². The highest BCUT2D eigenvalue weighted by molar-refractivity contribution is 7.10. The molecule has 1 amide bonds. The number of carbonyl (C=O) groups is 1. The number of hydrogen-bond acceptors (Lipinski definition) is 3. The molecule has 3 aromatic rings. The second kappa shape index (κ2) is 6.96. The van der Waals surface area contributed by atoms with Crippen LogP contribution in [0.15, 0.2) is 53.9 Å². The first-order valence-electron chi connectivity index (χ1n) is 8.89. The Morgan fingerprint density at radius 3 is 2.69 bits per heavy atom. The predicted molar refractivity (Wildman–Crippen MR) is 109 cm³/mol. The van der Waals surface area contributed by atoms with E-state index in [4.69, 9.17) is 0 Å². The summed E-state index contributed by atoms with van der Waals surface area (Å²) in [4.78, 5) is 16.5. The molecule has 2 heterocycles. The molecule has 0 aliphatic carbocycles. The van der Waals surface area contributed by atoms with Gasteiger partial charge in [-0.05, 0) is 78.7 Å². The molecule has 4 heteroatoms. The second-order valence-electron chi connectivity index (χ2n) is 6.79. The van der Waals surface area contributed by atoms with Crippen molar-refractivity contribution < 1.29 is 4.79 Å². The standard InChI is InChI=1S/C22H22N2OS/c1-15-4-3-5-20(16(15)2)22(25)23-18-6-8-19(9-7-18)24-12-10-21-17(14-24)11-13-26-21/h3-9,11,13H,10,12,14H2,1-2H3,(H,23,25). The lowest BCUT2D eigenvalue weighted by Crippen LogP contribution is -2.29. The van der Waals surface area contributed by atoms with Crippen molar-refractivity contribution >= 4 is 28.6 Å². The number of nitrogens with one attached hydrogen (secondary N) is 1. The van der Waals surface area contributed by atoms with Crippen LogP contribution in [-0.2, 0) is 13.0 Å². The van der Waals surface area contributed by atoms with Crippen molar-refractivity contribution in [3.63, 3.8) is 0 Å². The quantitative estimate of drug-likeness (QED) is 0.696. The van der Waals surface area contributed by atoms with Crippen LogP contribution < -0.4 is 10.2 Å². The fourth-order valence-corrected chi connectivity index (χ4v) is 4.31. The molecule has 132 valence electrons. The third kappa shape index (κ3) is 3.25. The van der Waals surface area contributed by atoms with Gasteiger partial charge in [-0.25, -0.2) is 0 Å². The molecule has 0 unspecified atom stereocenters. The first-order valence-corrected chi connectivity index (χ1v) is 9.77. The molecule has 1 aliphatic heterocycles. The van der Waals surface area contributed by atoms with Gasteiger partial charge in [0.05, 0.1) is 0 Å². The Labute approximate surface area is 158 Å². The number of thiophene rings is 1. The van der Waals surface area contributed by atoms with Gasteiger partial charge in [0.15, 0.2) is 0 Å². The molecule has 0 fully saturated rings. The summed E-state index contributed by atoms with van der Waals surface area (Å²) in [5.41, 5.74) is 6.36. The van der Waals surface area contributed by atoms with Crippen LogP contribution in [0.1, 0.15) is 31.9 Å². The maximum absolute atomic E-state index is 12.6. The first kappa shape index (κ1) is 16.9. The number of rotatable bonds is 3. The van der Waals surface area contributed by atoms with E-state index < -0.39 is 0 Å². The van der Waals surface area contributed by atoms with E-state index in [0.717, 1.165) is 41.9 Å². The van der Waals surface area contributed by atoms with E-state index in [2.05, 4.69) is 33.8 Å². The van der Waals surface area contributed by atoms with Gasteiger partial charge in [-0.2, -0.15) is 0 Å². The Hall–Kier alpha value is -2.59. The molecule has 0 spiro atoms. The summed E-state index contributed by atoms with van der Waals surface area (Å²) in [6, 6.07) is 16.2. The van der Waals surface area contributed by atoms with Crippen molar-refractivity contribution in [2.75, 3.05) is 16.8 Å². The molecule has 4 rings (SSSR count). The topological polar surface area (TPSA) is 32.3 Å². The average Bonchev–Trinajstić information content (AvgIpc) is 3.12. The lowest BCUT2D eigenvalue weighted by Gasteiger charge is -2.29. The van der Waals surface area contributed by atoms with Crippen molar-refractivity contribution in [3.8, 4) is 0 Å². The molecule has 3 nitrogen and oxygen atoms in total. The minimum Gasteiger partial charge on any atom is -0.367 e. The van der Waals surface area contributed by atoms with Crippen molar-refractivity contribution in [2.45, 2.75) is 26.8 Å². The van der Waals surface area contributed by atoms with Crippen LogP contribution >= 0.6 is 11.3 Å². The van der Waals surface area contributed by atoms with Crippen LogP contribution in [0.2, 0.25) is 0 Å². The van der Waals surface area contributed by atoms with Gasteiger partial charge in [0, 0.05) is 34.9 Å². The highest BCUT2D eigenvalue weighted by atomic mass is 32.1. The number of amides is 1. The molecular formula is C22H22N2OS. The molecule has 0 atom stereocenters. The number of anilines is 2. The summed E-state index contributed by atoms with van der Waals surface area (Å²) >= 11 is 1.86. The van der Waals surface area contributed by atoms with Crippen LogP contribution in [0.25, 0.3) is 0 Å². The fourth-order valence-electron chi connectivity index (χ4n) is 3.42. The van der Waals surface area contributed by atoms with Gasteiger partial charge >= 0.3 is 0 Å². The van der Waals surface area contributed by atoms with Crippen LogP contribution in [0.4, 0.5) is 11.4 Å². The van der Waals surface area contributed by atoms with Crippen LogP contribution in [0.5, 0.6) is 0 Å². The molecule has 1 aromatic heterocycles. The Kier molecular flexibility index (Phi) is 4.51. The van der Waals surface area contributed by atoms with E-state index in [0.29, 0.717) is 0 Å². The molecule has 0 bridgehead atoms. The number of benzene rings is 2. The lowest BCUT2D eigenvalue weighted by atomic mass is 10.0. The lowest BCUT2D eigenvalue weighted by molar-refractivity contribution is 0.102. The fraction of sp³-hybridized carbons (Fsp3) is 0.227. The summed E-state index contributed by atoms with van der Waals surface area (Å²) < 4.78 is 0. The maximum Gasteiger partial charge on any atom is 0.255 e. The Morgan fingerprint density at radius 1 is 1.08 bits per heavy atom. The molecule has 0 saturated carbocycles. The van der Waals surface area contributed by atoms with Crippen molar-refractivity contribution in [2.24, 2.45) is 0 Å². The number of carbonyl (C=O) groups excluding carboxylic acids is 1. The van der Waals surface area contributed by atoms with Crippen molar-refractivity contribution in [1.29, 1.82) is 0 Å². The molecule has 1 N–H and O–H groups in total. The zero-order valence-electron chi connectivity index (χ0n) is 15.1. The smallest absolute Gasteiger partial charge is 0.255 e. The third-order valence-electron chi connectivity index (χ3n) is 5.15. The normalized spacial score (nSPS) is 13.4. The van der Waals surface area contributed by atoms with Crippen LogP contribution in [0.3, 0.4) is 0 Å². The second-order valence-corrected chi connectivity index (χ2v) is 7.79. The minimum absolute atomic E-state index is 0.0557. The zero-order valence-corrected chi connectivity index (χ0v) is 15.9. The minimum atomic E-state index is -0.0557. The van der Waals surface area contributed by atoms with E-state index in [9.17, 15) is 4.79 Å². The van der Waals surface area contributed by atoms with Crippen molar-refractivity contribution in [1.82, 2.24) is 0 Å². The third-order valence-corrected chi connectivity index (χ3v) is 6.17. The maximum atomic E-state index is 12.6. The number of aryl methyl sites for hydroxylation is 1. The summed E-state index contributed by atoms with van der Waals surface area (Å²) in [5.74, 6) is -0.0557. The van der Waals surface area contributed by atoms with Gasteiger partial charge < -0.3 is 10.2 Å². The van der Waals surface area contributed by atoms with Gasteiger partial charge in [0.25, 0.3) is 5.91 Å². The largest absolute Gasteiger partial charge is 0.367 e. The zero-order chi connectivity index (χ0) is 18.1. The Morgan fingerprint density at radius 2 is 1.88 bits per heavy atom. The SMILES string of the molecule is Cc1cccc(C(=O)Nc2ccc(N3CCc4sccc4C3)cc2)c1C. The summed E-state index contributed by atoms with van der Waals surface area (Å²) in [6.07, 6.45) is 1.11. The van der Waals surface area contributed by atoms with Crippen LogP contribution in [0, 0.1) is 13.8 Å². The highest BCUT2D eigenvalue weighted by Crippen LogP contribution is 2.28. The van der Waals surface area contributed by atoms with E-state index in [1.165, 1.54) is 16.1 Å². The summed E-state index contributed by atoms with van der Waals surface area (Å²) in [5, 5.41) is 5.19. The molecule has 2 aromatic carbocycles. The molecule has 0 saturated heterocycles. The number of hydrogen-bond donors (Lipinski definition) is 1. The van der Waals surface area contributed by atoms with Gasteiger partial charge in [0.1, 0.15) is 0 Å². The molecular weight excluding hydrogens is 340 g/mol.